The Labute approximate surface area is 184 Å². The fourth-order valence-electron chi connectivity index (χ4n) is 5.20. The number of rotatable bonds is 7. The topological polar surface area (TPSA) is 34.1 Å². The average Bonchev–Trinajstić information content (AvgIpc) is 2.63. The SMILES string of the molecule is C=C1CCCC(C)(C)C1/C=C/C(=O)C(C)CC(=O)C(C)=CC1C(C)=CCCC1(C)C. The molecule has 0 radical (unpaired) electrons. The molecular weight excluding hydrogens is 368 g/mol. The summed E-state index contributed by atoms with van der Waals surface area (Å²) in [5.41, 5.74) is 3.66. The summed E-state index contributed by atoms with van der Waals surface area (Å²) in [5.74, 6) is 0.358. The van der Waals surface area contributed by atoms with Gasteiger partial charge in [-0.15, -0.1) is 0 Å². The molecule has 2 aliphatic rings. The number of Topliss-reactive ketones (excluding diaryl/α,β-unsaturated/α-hetero) is 1. The third-order valence-electron chi connectivity index (χ3n) is 7.47. The molecule has 30 heavy (non-hydrogen) atoms. The van der Waals surface area contributed by atoms with E-state index in [0.29, 0.717) is 5.92 Å². The molecule has 3 atom stereocenters. The Morgan fingerprint density at radius 3 is 2.40 bits per heavy atom. The van der Waals surface area contributed by atoms with Crippen molar-refractivity contribution in [3.63, 3.8) is 0 Å². The number of ketones is 2. The van der Waals surface area contributed by atoms with Crippen molar-refractivity contribution < 1.29 is 9.59 Å². The second kappa shape index (κ2) is 9.62. The van der Waals surface area contributed by atoms with E-state index in [0.717, 1.165) is 31.3 Å². The van der Waals surface area contributed by atoms with Crippen LogP contribution in [0.3, 0.4) is 0 Å². The second-order valence-electron chi connectivity index (χ2n) is 11.1. The van der Waals surface area contributed by atoms with E-state index >= 15 is 0 Å². The molecule has 0 saturated heterocycles. The molecule has 2 aliphatic carbocycles. The molecule has 0 bridgehead atoms. The molecule has 1 saturated carbocycles. The van der Waals surface area contributed by atoms with Crippen LogP contribution in [-0.4, -0.2) is 11.6 Å². The summed E-state index contributed by atoms with van der Waals surface area (Å²) in [6.45, 7) is 19.2. The molecule has 0 amide bonds. The Hall–Kier alpha value is -1.70. The van der Waals surface area contributed by atoms with E-state index in [4.69, 9.17) is 0 Å². The van der Waals surface area contributed by atoms with Crippen LogP contribution in [0.4, 0.5) is 0 Å². The first-order chi connectivity index (χ1) is 13.8. The van der Waals surface area contributed by atoms with Crippen LogP contribution in [0.15, 0.2) is 47.6 Å². The Balaban J connectivity index is 2.02. The molecule has 1 fully saturated rings. The lowest BCUT2D eigenvalue weighted by Crippen LogP contribution is -2.28. The van der Waals surface area contributed by atoms with Gasteiger partial charge in [-0.25, -0.2) is 0 Å². The van der Waals surface area contributed by atoms with E-state index in [1.165, 1.54) is 17.6 Å². The number of carbonyl (C=O) groups excluding carboxylic acids is 2. The Kier molecular flexibility index (Phi) is 7.88. The Morgan fingerprint density at radius 2 is 1.80 bits per heavy atom. The minimum absolute atomic E-state index is 0.0411. The summed E-state index contributed by atoms with van der Waals surface area (Å²) in [4.78, 5) is 25.5. The highest BCUT2D eigenvalue weighted by Gasteiger charge is 2.33. The number of hydrogen-bond acceptors (Lipinski definition) is 2. The van der Waals surface area contributed by atoms with E-state index in [9.17, 15) is 9.59 Å². The van der Waals surface area contributed by atoms with Crippen LogP contribution >= 0.6 is 0 Å². The summed E-state index contributed by atoms with van der Waals surface area (Å²) in [6.07, 6.45) is 14.0. The first-order valence-corrected chi connectivity index (χ1v) is 11.6. The van der Waals surface area contributed by atoms with Gasteiger partial charge < -0.3 is 0 Å². The van der Waals surface area contributed by atoms with Gasteiger partial charge in [0, 0.05) is 24.2 Å². The highest BCUT2D eigenvalue weighted by Crippen LogP contribution is 2.44. The van der Waals surface area contributed by atoms with Gasteiger partial charge in [0.1, 0.15) is 0 Å². The van der Waals surface area contributed by atoms with E-state index in [1.807, 2.05) is 19.9 Å². The highest BCUT2D eigenvalue weighted by molar-refractivity contribution is 6.00. The molecule has 0 aliphatic heterocycles. The molecule has 3 unspecified atom stereocenters. The lowest BCUT2D eigenvalue weighted by atomic mass is 9.66. The first-order valence-electron chi connectivity index (χ1n) is 11.6. The number of carbonyl (C=O) groups is 2. The molecule has 0 aromatic heterocycles. The van der Waals surface area contributed by atoms with Crippen LogP contribution in [0, 0.1) is 28.6 Å². The van der Waals surface area contributed by atoms with Gasteiger partial charge in [-0.05, 0) is 68.4 Å². The molecule has 0 aromatic carbocycles. The van der Waals surface area contributed by atoms with Crippen molar-refractivity contribution in [2.24, 2.45) is 28.6 Å². The lowest BCUT2D eigenvalue weighted by molar-refractivity contribution is -0.123. The first kappa shape index (κ1) is 24.6. The largest absolute Gasteiger partial charge is 0.295 e. The summed E-state index contributed by atoms with van der Waals surface area (Å²) in [7, 11) is 0. The van der Waals surface area contributed by atoms with Gasteiger partial charge in [-0.3, -0.25) is 9.59 Å². The number of hydrogen-bond donors (Lipinski definition) is 0. The van der Waals surface area contributed by atoms with Crippen LogP contribution in [0.25, 0.3) is 0 Å². The molecule has 0 spiro atoms. The van der Waals surface area contributed by atoms with Crippen LogP contribution < -0.4 is 0 Å². The van der Waals surface area contributed by atoms with Crippen LogP contribution in [0.1, 0.15) is 87.0 Å². The summed E-state index contributed by atoms with van der Waals surface area (Å²) in [5, 5.41) is 0. The standard InChI is InChI=1S/C28H42O2/c1-19-11-9-15-27(5,6)23(19)13-14-25(29)22(4)18-26(30)21(3)17-24-20(2)12-10-16-28(24,7)8/h12-14,17,22-24H,1,9-11,15-16,18H2,2-8H3/b14-13+,21-17?. The highest BCUT2D eigenvalue weighted by atomic mass is 16.1. The van der Waals surface area contributed by atoms with Crippen LogP contribution in [-0.2, 0) is 9.59 Å². The van der Waals surface area contributed by atoms with Crippen molar-refractivity contribution in [2.45, 2.75) is 87.0 Å². The van der Waals surface area contributed by atoms with Gasteiger partial charge in [-0.1, -0.05) is 70.6 Å². The monoisotopic (exact) mass is 410 g/mol. The van der Waals surface area contributed by atoms with Crippen molar-refractivity contribution in [3.8, 4) is 0 Å². The van der Waals surface area contributed by atoms with E-state index in [1.54, 1.807) is 6.08 Å². The van der Waals surface area contributed by atoms with Gasteiger partial charge in [0.25, 0.3) is 0 Å². The molecule has 0 N–H and O–H groups in total. The van der Waals surface area contributed by atoms with Crippen molar-refractivity contribution in [1.82, 2.24) is 0 Å². The molecule has 2 nitrogen and oxygen atoms in total. The zero-order chi connectivity index (χ0) is 22.7. The molecule has 2 heteroatoms. The van der Waals surface area contributed by atoms with E-state index in [2.05, 4.69) is 53.3 Å². The lowest BCUT2D eigenvalue weighted by Gasteiger charge is -2.38. The summed E-state index contributed by atoms with van der Waals surface area (Å²) < 4.78 is 0. The van der Waals surface area contributed by atoms with Gasteiger partial charge >= 0.3 is 0 Å². The van der Waals surface area contributed by atoms with E-state index < -0.39 is 0 Å². The van der Waals surface area contributed by atoms with Crippen molar-refractivity contribution >= 4 is 11.6 Å². The molecule has 2 rings (SSSR count). The predicted molar refractivity (Wildman–Crippen MR) is 127 cm³/mol. The molecular formula is C28H42O2. The smallest absolute Gasteiger partial charge is 0.159 e. The number of allylic oxidation sites excluding steroid dienone is 7. The zero-order valence-corrected chi connectivity index (χ0v) is 20.3. The normalized spacial score (nSPS) is 27.6. The average molecular weight is 411 g/mol. The second-order valence-corrected chi connectivity index (χ2v) is 11.1. The van der Waals surface area contributed by atoms with Crippen molar-refractivity contribution in [2.75, 3.05) is 0 Å². The van der Waals surface area contributed by atoms with Gasteiger partial charge in [0.05, 0.1) is 0 Å². The third kappa shape index (κ3) is 5.93. The van der Waals surface area contributed by atoms with Crippen LogP contribution in [0.2, 0.25) is 0 Å². The van der Waals surface area contributed by atoms with Gasteiger partial charge in [0.2, 0.25) is 0 Å². The molecule has 0 heterocycles. The minimum atomic E-state index is -0.298. The fraction of sp³-hybridized carbons (Fsp3) is 0.643. The Bertz CT molecular complexity index is 772. The molecule has 0 aromatic rings. The maximum atomic E-state index is 12.8. The third-order valence-corrected chi connectivity index (χ3v) is 7.47. The summed E-state index contributed by atoms with van der Waals surface area (Å²) in [6, 6.07) is 0. The summed E-state index contributed by atoms with van der Waals surface area (Å²) >= 11 is 0. The fourth-order valence-corrected chi connectivity index (χ4v) is 5.20. The maximum Gasteiger partial charge on any atom is 0.159 e. The quantitative estimate of drug-likeness (QED) is 0.323. The van der Waals surface area contributed by atoms with E-state index in [-0.39, 0.29) is 40.7 Å². The minimum Gasteiger partial charge on any atom is -0.295 e. The maximum absolute atomic E-state index is 12.8. The predicted octanol–water partition coefficient (Wildman–Crippen LogP) is 7.42. The van der Waals surface area contributed by atoms with Crippen molar-refractivity contribution in [1.29, 1.82) is 0 Å². The van der Waals surface area contributed by atoms with Crippen molar-refractivity contribution in [3.05, 3.63) is 47.6 Å². The van der Waals surface area contributed by atoms with Gasteiger partial charge in [0.15, 0.2) is 11.6 Å². The Morgan fingerprint density at radius 1 is 1.17 bits per heavy atom. The molecule has 166 valence electrons. The van der Waals surface area contributed by atoms with Gasteiger partial charge in [-0.2, -0.15) is 0 Å². The van der Waals surface area contributed by atoms with Crippen LogP contribution in [0.5, 0.6) is 0 Å². The zero-order valence-electron chi connectivity index (χ0n) is 20.3.